The van der Waals surface area contributed by atoms with Gasteiger partial charge >= 0.3 is 0 Å². The summed E-state index contributed by atoms with van der Waals surface area (Å²) in [7, 11) is 0. The molecular weight excluding hydrogens is 252 g/mol. The zero-order valence-corrected chi connectivity index (χ0v) is 11.8. The second-order valence-corrected chi connectivity index (χ2v) is 4.17. The first-order valence-corrected chi connectivity index (χ1v) is 6.75. The van der Waals surface area contributed by atoms with Crippen LogP contribution in [0.4, 0.5) is 0 Å². The minimum atomic E-state index is 0.263. The van der Waals surface area contributed by atoms with Crippen LogP contribution >= 0.6 is 0 Å². The molecule has 1 fully saturated rings. The summed E-state index contributed by atoms with van der Waals surface area (Å²) >= 11 is 0. The van der Waals surface area contributed by atoms with Gasteiger partial charge < -0.3 is 23.7 Å². The van der Waals surface area contributed by atoms with Crippen molar-refractivity contribution in [2.24, 2.45) is 0 Å². The molecule has 1 aliphatic heterocycles. The molecule has 1 heterocycles. The summed E-state index contributed by atoms with van der Waals surface area (Å²) in [6.45, 7) is 7.54. The van der Waals surface area contributed by atoms with Crippen molar-refractivity contribution in [1.82, 2.24) is 10.2 Å². The van der Waals surface area contributed by atoms with Crippen LogP contribution in [0.15, 0.2) is 0 Å². The summed E-state index contributed by atoms with van der Waals surface area (Å²) in [4.78, 5) is 2.03. The van der Waals surface area contributed by atoms with Crippen molar-refractivity contribution in [1.29, 1.82) is 0 Å². The van der Waals surface area contributed by atoms with E-state index in [4.69, 9.17) is 23.7 Å². The Balaban J connectivity index is 2.19. The Labute approximate surface area is 115 Å². The van der Waals surface area contributed by atoms with Crippen molar-refractivity contribution in [3.05, 3.63) is 0 Å². The lowest BCUT2D eigenvalue weighted by Gasteiger charge is -2.22. The van der Waals surface area contributed by atoms with Gasteiger partial charge in [-0.15, -0.1) is 0 Å². The summed E-state index contributed by atoms with van der Waals surface area (Å²) in [5.41, 5.74) is 0. The van der Waals surface area contributed by atoms with Gasteiger partial charge in [0.05, 0.1) is 19.9 Å². The SMILES string of the molecule is CCCOCN1CCOCOCCNCOCOC1. The van der Waals surface area contributed by atoms with Crippen LogP contribution in [0.5, 0.6) is 0 Å². The highest BCUT2D eigenvalue weighted by Crippen LogP contribution is 1.94. The number of nitrogens with one attached hydrogen (secondary N) is 1. The fourth-order valence-electron chi connectivity index (χ4n) is 1.43. The van der Waals surface area contributed by atoms with Crippen LogP contribution < -0.4 is 5.32 Å². The molecule has 1 saturated heterocycles. The number of ether oxygens (including phenoxy) is 5. The van der Waals surface area contributed by atoms with E-state index >= 15 is 0 Å². The lowest BCUT2D eigenvalue weighted by atomic mass is 10.5. The Hall–Kier alpha value is -0.280. The molecule has 0 radical (unpaired) electrons. The molecule has 1 aliphatic rings. The van der Waals surface area contributed by atoms with E-state index in [9.17, 15) is 0 Å². The van der Waals surface area contributed by atoms with Crippen LogP contribution in [0, 0.1) is 0 Å². The molecule has 0 unspecified atom stereocenters. The molecule has 0 amide bonds. The third-order valence-electron chi connectivity index (χ3n) is 2.41. The summed E-state index contributed by atoms with van der Waals surface area (Å²) < 4.78 is 26.9. The van der Waals surface area contributed by atoms with E-state index < -0.39 is 0 Å². The van der Waals surface area contributed by atoms with Crippen molar-refractivity contribution in [2.75, 3.05) is 66.7 Å². The average Bonchev–Trinajstić information content (AvgIpc) is 2.43. The van der Waals surface area contributed by atoms with Crippen LogP contribution in [0.2, 0.25) is 0 Å². The highest BCUT2D eigenvalue weighted by Gasteiger charge is 2.05. The number of nitrogens with zero attached hydrogens (tertiary/aromatic N) is 1. The second-order valence-electron chi connectivity index (χ2n) is 4.17. The van der Waals surface area contributed by atoms with Gasteiger partial charge in [0.2, 0.25) is 0 Å². The van der Waals surface area contributed by atoms with Crippen LogP contribution in [-0.2, 0) is 23.7 Å². The second kappa shape index (κ2) is 12.7. The standard InChI is InChI=1S/C12H26N2O5/c1-2-5-15-9-14-4-7-17-11-16-6-3-13-8-18-12-19-10-14/h13H,2-12H2,1H3. The van der Waals surface area contributed by atoms with E-state index in [1.54, 1.807) is 0 Å². The molecule has 19 heavy (non-hydrogen) atoms. The molecule has 7 nitrogen and oxygen atoms in total. The first-order valence-electron chi connectivity index (χ1n) is 6.75. The highest BCUT2D eigenvalue weighted by atomic mass is 16.7. The van der Waals surface area contributed by atoms with E-state index in [1.807, 2.05) is 4.90 Å². The predicted octanol–water partition coefficient (Wildman–Crippen LogP) is 0.172. The van der Waals surface area contributed by atoms with Gasteiger partial charge in [0.25, 0.3) is 0 Å². The molecule has 0 aromatic heterocycles. The molecule has 0 atom stereocenters. The average molecular weight is 278 g/mol. The Kier molecular flexibility index (Phi) is 11.2. The number of rotatable bonds is 4. The first-order chi connectivity index (χ1) is 9.43. The molecule has 0 spiro atoms. The van der Waals surface area contributed by atoms with Gasteiger partial charge in [-0.2, -0.15) is 0 Å². The highest BCUT2D eigenvalue weighted by molar-refractivity contribution is 4.47. The van der Waals surface area contributed by atoms with Gasteiger partial charge in [-0.3, -0.25) is 10.2 Å². The zero-order chi connectivity index (χ0) is 13.6. The predicted molar refractivity (Wildman–Crippen MR) is 69.4 cm³/mol. The molecule has 7 heteroatoms. The molecule has 0 aromatic carbocycles. The number of hydrogen-bond donors (Lipinski definition) is 1. The van der Waals surface area contributed by atoms with Crippen LogP contribution in [0.1, 0.15) is 13.3 Å². The van der Waals surface area contributed by atoms with Gasteiger partial charge in [0, 0.05) is 19.7 Å². The Bertz CT molecular complexity index is 183. The van der Waals surface area contributed by atoms with Gasteiger partial charge in [-0.05, 0) is 6.42 Å². The smallest absolute Gasteiger partial charge is 0.150 e. The van der Waals surface area contributed by atoms with E-state index in [0.717, 1.165) is 26.1 Å². The minimum Gasteiger partial charge on any atom is -0.366 e. The normalized spacial score (nSPS) is 21.9. The third-order valence-corrected chi connectivity index (χ3v) is 2.41. The van der Waals surface area contributed by atoms with E-state index in [2.05, 4.69) is 12.2 Å². The fourth-order valence-corrected chi connectivity index (χ4v) is 1.43. The summed E-state index contributed by atoms with van der Waals surface area (Å²) in [5.74, 6) is 0. The molecule has 0 saturated carbocycles. The minimum absolute atomic E-state index is 0.263. The topological polar surface area (TPSA) is 61.4 Å². The lowest BCUT2D eigenvalue weighted by Crippen LogP contribution is -2.34. The summed E-state index contributed by atoms with van der Waals surface area (Å²) in [6, 6.07) is 0. The van der Waals surface area contributed by atoms with Gasteiger partial charge in [0.15, 0.2) is 0 Å². The van der Waals surface area contributed by atoms with Crippen molar-refractivity contribution >= 4 is 0 Å². The number of hydrogen-bond acceptors (Lipinski definition) is 7. The maximum Gasteiger partial charge on any atom is 0.150 e. The maximum atomic E-state index is 5.50. The molecule has 0 bridgehead atoms. The van der Waals surface area contributed by atoms with Crippen LogP contribution in [0.25, 0.3) is 0 Å². The van der Waals surface area contributed by atoms with E-state index in [0.29, 0.717) is 40.2 Å². The van der Waals surface area contributed by atoms with E-state index in [-0.39, 0.29) is 6.79 Å². The van der Waals surface area contributed by atoms with Crippen LogP contribution in [0.3, 0.4) is 0 Å². The van der Waals surface area contributed by atoms with Crippen molar-refractivity contribution in [3.8, 4) is 0 Å². The fraction of sp³-hybridized carbons (Fsp3) is 1.00. The van der Waals surface area contributed by atoms with Crippen molar-refractivity contribution in [2.45, 2.75) is 13.3 Å². The first kappa shape index (κ1) is 16.8. The van der Waals surface area contributed by atoms with Gasteiger partial charge in [-0.25, -0.2) is 0 Å². The Morgan fingerprint density at radius 2 is 1.95 bits per heavy atom. The lowest BCUT2D eigenvalue weighted by molar-refractivity contribution is -0.128. The molecular formula is C12H26N2O5. The molecule has 0 aliphatic carbocycles. The molecule has 1 N–H and O–H groups in total. The molecule has 0 aromatic rings. The largest absolute Gasteiger partial charge is 0.366 e. The quantitative estimate of drug-likeness (QED) is 0.736. The molecule has 114 valence electrons. The molecule has 1 rings (SSSR count). The van der Waals surface area contributed by atoms with Crippen molar-refractivity contribution < 1.29 is 23.7 Å². The van der Waals surface area contributed by atoms with Gasteiger partial charge in [0.1, 0.15) is 27.0 Å². The van der Waals surface area contributed by atoms with Crippen molar-refractivity contribution in [3.63, 3.8) is 0 Å². The Morgan fingerprint density at radius 3 is 2.84 bits per heavy atom. The van der Waals surface area contributed by atoms with Crippen LogP contribution in [-0.4, -0.2) is 71.6 Å². The third kappa shape index (κ3) is 10.2. The maximum absolute atomic E-state index is 5.50. The van der Waals surface area contributed by atoms with Gasteiger partial charge in [-0.1, -0.05) is 6.92 Å². The Morgan fingerprint density at radius 1 is 1.11 bits per heavy atom. The monoisotopic (exact) mass is 278 g/mol. The zero-order valence-electron chi connectivity index (χ0n) is 11.8. The van der Waals surface area contributed by atoms with E-state index in [1.165, 1.54) is 0 Å². The summed E-state index contributed by atoms with van der Waals surface area (Å²) in [5, 5.41) is 3.07. The summed E-state index contributed by atoms with van der Waals surface area (Å²) in [6.07, 6.45) is 1.01.